The van der Waals surface area contributed by atoms with Crippen molar-refractivity contribution in [2.75, 3.05) is 30.6 Å². The average molecular weight is 618 g/mol. The van der Waals surface area contributed by atoms with Crippen LogP contribution in [-0.4, -0.2) is 37.7 Å². The van der Waals surface area contributed by atoms with Gasteiger partial charge in [-0.25, -0.2) is 0 Å². The fourth-order valence-electron chi connectivity index (χ4n) is 4.50. The van der Waals surface area contributed by atoms with Gasteiger partial charge in [0.1, 0.15) is 17.2 Å². The summed E-state index contributed by atoms with van der Waals surface area (Å²) in [4.78, 5) is 39.9. The van der Waals surface area contributed by atoms with Crippen LogP contribution in [0, 0.1) is 0 Å². The molecule has 9 heteroatoms. The Kier molecular flexibility index (Phi) is 10.1. The third-order valence-electron chi connectivity index (χ3n) is 6.78. The lowest BCUT2D eigenvalue weighted by molar-refractivity contribution is -0.114. The number of benzene rings is 5. The smallest absolute Gasteiger partial charge is 0.272 e. The van der Waals surface area contributed by atoms with Crippen LogP contribution < -0.4 is 25.4 Å². The van der Waals surface area contributed by atoms with E-state index in [0.717, 1.165) is 21.4 Å². The van der Waals surface area contributed by atoms with E-state index in [1.165, 1.54) is 24.9 Å². The molecular formula is C36H31N3O5S. The molecule has 45 heavy (non-hydrogen) atoms. The van der Waals surface area contributed by atoms with Crippen molar-refractivity contribution in [3.05, 3.63) is 132 Å². The molecule has 0 aliphatic rings. The molecule has 0 heterocycles. The van der Waals surface area contributed by atoms with E-state index in [0.29, 0.717) is 28.3 Å². The number of carbonyl (C=O) groups excluding carboxylic acids is 3. The summed E-state index contributed by atoms with van der Waals surface area (Å²) in [6.07, 6.45) is 1.54. The van der Waals surface area contributed by atoms with Crippen molar-refractivity contribution in [3.8, 4) is 11.5 Å². The minimum Gasteiger partial charge on any atom is -0.497 e. The largest absolute Gasteiger partial charge is 0.497 e. The molecule has 0 radical (unpaired) electrons. The molecule has 0 saturated heterocycles. The van der Waals surface area contributed by atoms with Crippen LogP contribution in [0.3, 0.4) is 0 Å². The molecule has 0 aliphatic carbocycles. The Labute approximate surface area is 265 Å². The van der Waals surface area contributed by atoms with Gasteiger partial charge in [0.05, 0.1) is 20.0 Å². The first kappa shape index (κ1) is 30.9. The zero-order valence-electron chi connectivity index (χ0n) is 24.7. The molecular weight excluding hydrogens is 586 g/mol. The molecule has 0 bridgehead atoms. The number of thioether (sulfide) groups is 1. The summed E-state index contributed by atoms with van der Waals surface area (Å²) in [7, 11) is 3.06. The Morgan fingerprint density at radius 2 is 1.42 bits per heavy atom. The van der Waals surface area contributed by atoms with Crippen LogP contribution in [0.1, 0.15) is 15.9 Å². The molecule has 0 spiro atoms. The van der Waals surface area contributed by atoms with Gasteiger partial charge >= 0.3 is 0 Å². The maximum absolute atomic E-state index is 13.5. The lowest BCUT2D eigenvalue weighted by Crippen LogP contribution is -2.30. The highest BCUT2D eigenvalue weighted by molar-refractivity contribution is 8.00. The van der Waals surface area contributed by atoms with Gasteiger partial charge in [-0.1, -0.05) is 48.5 Å². The fourth-order valence-corrected chi connectivity index (χ4v) is 5.19. The molecule has 3 amide bonds. The highest BCUT2D eigenvalue weighted by Crippen LogP contribution is 2.27. The van der Waals surface area contributed by atoms with Gasteiger partial charge < -0.3 is 25.4 Å². The Morgan fingerprint density at radius 3 is 2.16 bits per heavy atom. The fraction of sp³-hybridized carbons (Fsp3) is 0.0833. The minimum absolute atomic E-state index is 0.0132. The van der Waals surface area contributed by atoms with E-state index in [2.05, 4.69) is 16.0 Å². The van der Waals surface area contributed by atoms with Gasteiger partial charge in [0.2, 0.25) is 5.91 Å². The summed E-state index contributed by atoms with van der Waals surface area (Å²) in [5.41, 5.74) is 2.22. The summed E-state index contributed by atoms with van der Waals surface area (Å²) in [6, 6.07) is 34.7. The zero-order chi connectivity index (χ0) is 31.6. The second-order valence-corrected chi connectivity index (χ2v) is 10.9. The van der Waals surface area contributed by atoms with Crippen molar-refractivity contribution in [3.63, 3.8) is 0 Å². The van der Waals surface area contributed by atoms with E-state index >= 15 is 0 Å². The molecule has 5 rings (SSSR count). The summed E-state index contributed by atoms with van der Waals surface area (Å²) in [5.74, 6) is 0.201. The molecule has 226 valence electrons. The first-order chi connectivity index (χ1) is 21.9. The Morgan fingerprint density at radius 1 is 0.711 bits per heavy atom. The molecule has 0 fully saturated rings. The number of carbonyl (C=O) groups is 3. The SMILES string of the molecule is COc1ccc(OC)c(/C=C(\NC(=O)c2ccccc2)C(=O)Nc2ccc(SCC(=O)Nc3ccc4ccccc4c3)cc2)c1. The number of methoxy groups -OCH3 is 2. The number of ether oxygens (including phenoxy) is 2. The molecule has 5 aromatic carbocycles. The number of anilines is 2. The lowest BCUT2D eigenvalue weighted by atomic mass is 10.1. The summed E-state index contributed by atoms with van der Waals surface area (Å²) >= 11 is 1.38. The van der Waals surface area contributed by atoms with Crippen LogP contribution in [-0.2, 0) is 9.59 Å². The molecule has 3 N–H and O–H groups in total. The third-order valence-corrected chi connectivity index (χ3v) is 7.79. The monoisotopic (exact) mass is 617 g/mol. The van der Waals surface area contributed by atoms with E-state index < -0.39 is 11.8 Å². The van der Waals surface area contributed by atoms with Crippen molar-refractivity contribution >= 4 is 57.7 Å². The predicted molar refractivity (Wildman–Crippen MR) is 180 cm³/mol. The predicted octanol–water partition coefficient (Wildman–Crippen LogP) is 7.00. The van der Waals surface area contributed by atoms with Crippen LogP contribution in [0.5, 0.6) is 11.5 Å². The summed E-state index contributed by atoms with van der Waals surface area (Å²) < 4.78 is 10.8. The summed E-state index contributed by atoms with van der Waals surface area (Å²) in [6.45, 7) is 0. The number of amides is 3. The van der Waals surface area contributed by atoms with Gasteiger partial charge in [-0.3, -0.25) is 14.4 Å². The molecule has 0 unspecified atom stereocenters. The van der Waals surface area contributed by atoms with Crippen molar-refractivity contribution in [2.24, 2.45) is 0 Å². The van der Waals surface area contributed by atoms with Crippen LogP contribution in [0.15, 0.2) is 126 Å². The van der Waals surface area contributed by atoms with Gasteiger partial charge in [0.15, 0.2) is 0 Å². The molecule has 8 nitrogen and oxygen atoms in total. The van der Waals surface area contributed by atoms with E-state index in [-0.39, 0.29) is 17.4 Å². The highest BCUT2D eigenvalue weighted by Gasteiger charge is 2.17. The topological polar surface area (TPSA) is 106 Å². The van der Waals surface area contributed by atoms with Gasteiger partial charge in [0, 0.05) is 27.4 Å². The van der Waals surface area contributed by atoms with E-state index in [1.54, 1.807) is 67.8 Å². The maximum atomic E-state index is 13.5. The minimum atomic E-state index is -0.528. The van der Waals surface area contributed by atoms with Gasteiger partial charge in [-0.05, 0) is 83.6 Å². The first-order valence-electron chi connectivity index (χ1n) is 14.0. The highest BCUT2D eigenvalue weighted by atomic mass is 32.2. The lowest BCUT2D eigenvalue weighted by Gasteiger charge is -2.13. The molecule has 0 aliphatic heterocycles. The van der Waals surface area contributed by atoms with Crippen molar-refractivity contribution < 1.29 is 23.9 Å². The second-order valence-electron chi connectivity index (χ2n) is 9.86. The van der Waals surface area contributed by atoms with Crippen molar-refractivity contribution in [1.82, 2.24) is 5.32 Å². The van der Waals surface area contributed by atoms with Gasteiger partial charge in [-0.15, -0.1) is 11.8 Å². The van der Waals surface area contributed by atoms with Crippen LogP contribution in [0.2, 0.25) is 0 Å². The van der Waals surface area contributed by atoms with Gasteiger partial charge in [-0.2, -0.15) is 0 Å². The van der Waals surface area contributed by atoms with Crippen LogP contribution >= 0.6 is 11.8 Å². The Bertz CT molecular complexity index is 1860. The normalized spacial score (nSPS) is 11.0. The van der Waals surface area contributed by atoms with E-state index in [9.17, 15) is 14.4 Å². The standard InChI is InChI=1S/C36H31N3O5S/c1-43-30-16-19-33(44-2)27(21-30)22-32(39-35(41)25-9-4-3-5-10-25)36(42)38-28-14-17-31(18-15-28)45-23-34(40)37-29-13-12-24-8-6-7-11-26(24)20-29/h3-22H,23H2,1-2H3,(H,37,40)(H,38,42)(H,39,41)/b32-22-. The summed E-state index contributed by atoms with van der Waals surface area (Å²) in [5, 5.41) is 10.7. The van der Waals surface area contributed by atoms with Gasteiger partial charge in [0.25, 0.3) is 11.8 Å². The number of rotatable bonds is 11. The van der Waals surface area contributed by atoms with Crippen molar-refractivity contribution in [1.29, 1.82) is 0 Å². The first-order valence-corrected chi connectivity index (χ1v) is 15.0. The zero-order valence-corrected chi connectivity index (χ0v) is 25.5. The Balaban J connectivity index is 1.26. The van der Waals surface area contributed by atoms with Crippen LogP contribution in [0.25, 0.3) is 16.8 Å². The number of hydrogen-bond donors (Lipinski definition) is 3. The second kappa shape index (κ2) is 14.8. The quantitative estimate of drug-likeness (QED) is 0.109. The average Bonchev–Trinajstić information content (AvgIpc) is 3.07. The number of nitrogens with one attached hydrogen (secondary N) is 3. The van der Waals surface area contributed by atoms with Crippen LogP contribution in [0.4, 0.5) is 11.4 Å². The number of hydrogen-bond acceptors (Lipinski definition) is 6. The molecule has 0 saturated carbocycles. The van der Waals surface area contributed by atoms with E-state index in [4.69, 9.17) is 9.47 Å². The third kappa shape index (κ3) is 8.31. The number of fused-ring (bicyclic) bond motifs is 1. The molecule has 0 atom stereocenters. The van der Waals surface area contributed by atoms with E-state index in [1.807, 2.05) is 54.6 Å². The maximum Gasteiger partial charge on any atom is 0.272 e. The molecule has 0 aromatic heterocycles. The Hall–Kier alpha value is -5.54. The van der Waals surface area contributed by atoms with Crippen molar-refractivity contribution in [2.45, 2.75) is 4.90 Å². The molecule has 5 aromatic rings.